The van der Waals surface area contributed by atoms with E-state index in [0.717, 1.165) is 6.07 Å². The molecule has 1 aromatic carbocycles. The van der Waals surface area contributed by atoms with Crippen molar-refractivity contribution in [1.29, 1.82) is 0 Å². The van der Waals surface area contributed by atoms with E-state index in [1.165, 1.54) is 6.92 Å². The first-order valence-electron chi connectivity index (χ1n) is 3.03. The summed E-state index contributed by atoms with van der Waals surface area (Å²) in [6, 6.07) is 1.01. The smallest absolute Gasteiger partial charge is 0.154 e. The Balaban J connectivity index is 3.46. The molecule has 0 saturated carbocycles. The first-order valence-corrected chi connectivity index (χ1v) is 3.03. The molecule has 0 bridgehead atoms. The zero-order valence-corrected chi connectivity index (χ0v) is 5.99. The van der Waals surface area contributed by atoms with Crippen LogP contribution in [0.5, 0.6) is 0 Å². The number of nitrogen functional groups attached to an aromatic ring is 2. The van der Waals surface area contributed by atoms with Crippen LogP contribution in [0.1, 0.15) is 5.56 Å². The van der Waals surface area contributed by atoms with Crippen molar-refractivity contribution in [2.24, 2.45) is 0 Å². The summed E-state index contributed by atoms with van der Waals surface area (Å²) in [5, 5.41) is 0. The van der Waals surface area contributed by atoms with Gasteiger partial charge in [-0.3, -0.25) is 0 Å². The highest BCUT2D eigenvalue weighted by Crippen LogP contribution is 2.23. The summed E-state index contributed by atoms with van der Waals surface area (Å²) < 4.78 is 25.5. The lowest BCUT2D eigenvalue weighted by atomic mass is 10.1. The molecule has 0 aliphatic carbocycles. The number of nitrogens with two attached hydrogens (primary N) is 2. The second kappa shape index (κ2) is 2.38. The number of rotatable bonds is 0. The van der Waals surface area contributed by atoms with Gasteiger partial charge in [0, 0.05) is 5.56 Å². The standard InChI is InChI=1S/C7H8F2N2/c1-3-4(8)2-5(10)7(11)6(3)9/h2H,10-11H2,1H3. The van der Waals surface area contributed by atoms with Crippen LogP contribution >= 0.6 is 0 Å². The van der Waals surface area contributed by atoms with Crippen molar-refractivity contribution in [1.82, 2.24) is 0 Å². The van der Waals surface area contributed by atoms with Gasteiger partial charge in [-0.25, -0.2) is 8.78 Å². The third kappa shape index (κ3) is 1.11. The van der Waals surface area contributed by atoms with Crippen molar-refractivity contribution in [3.8, 4) is 0 Å². The molecule has 60 valence electrons. The topological polar surface area (TPSA) is 52.0 Å². The molecule has 0 aliphatic heterocycles. The maximum absolute atomic E-state index is 12.8. The third-order valence-electron chi connectivity index (χ3n) is 1.52. The van der Waals surface area contributed by atoms with Crippen molar-refractivity contribution in [3.05, 3.63) is 23.3 Å². The molecule has 0 amide bonds. The van der Waals surface area contributed by atoms with Crippen LogP contribution in [-0.4, -0.2) is 0 Å². The molecule has 0 saturated heterocycles. The SMILES string of the molecule is Cc1c(F)cc(N)c(N)c1F. The van der Waals surface area contributed by atoms with E-state index in [4.69, 9.17) is 11.5 Å². The molecule has 4 heteroatoms. The lowest BCUT2D eigenvalue weighted by Gasteiger charge is -2.04. The average Bonchev–Trinajstić information content (AvgIpc) is 1.97. The van der Waals surface area contributed by atoms with E-state index in [0.29, 0.717) is 0 Å². The van der Waals surface area contributed by atoms with Crippen molar-refractivity contribution < 1.29 is 8.78 Å². The van der Waals surface area contributed by atoms with Gasteiger partial charge >= 0.3 is 0 Å². The van der Waals surface area contributed by atoms with Gasteiger partial charge in [0.05, 0.1) is 11.4 Å². The van der Waals surface area contributed by atoms with Crippen molar-refractivity contribution >= 4 is 11.4 Å². The average molecular weight is 158 g/mol. The first kappa shape index (κ1) is 7.78. The molecule has 0 aromatic heterocycles. The minimum absolute atomic E-state index is 0.0643. The summed E-state index contributed by atoms with van der Waals surface area (Å²) in [6.45, 7) is 1.31. The highest BCUT2D eigenvalue weighted by atomic mass is 19.1. The summed E-state index contributed by atoms with van der Waals surface area (Å²) in [7, 11) is 0. The Morgan fingerprint density at radius 2 is 1.82 bits per heavy atom. The van der Waals surface area contributed by atoms with Gasteiger partial charge in [-0.1, -0.05) is 0 Å². The zero-order chi connectivity index (χ0) is 8.59. The first-order chi connectivity index (χ1) is 5.04. The van der Waals surface area contributed by atoms with Gasteiger partial charge in [-0.15, -0.1) is 0 Å². The van der Waals surface area contributed by atoms with Crippen LogP contribution in [-0.2, 0) is 0 Å². The number of halogens is 2. The molecule has 4 N–H and O–H groups in total. The van der Waals surface area contributed by atoms with E-state index in [1.807, 2.05) is 0 Å². The summed E-state index contributed by atoms with van der Waals surface area (Å²) in [5.41, 5.74) is 10.0. The summed E-state index contributed by atoms with van der Waals surface area (Å²) in [4.78, 5) is 0. The number of benzene rings is 1. The molecular weight excluding hydrogens is 150 g/mol. The molecule has 1 aromatic rings. The largest absolute Gasteiger partial charge is 0.397 e. The van der Waals surface area contributed by atoms with E-state index in [1.54, 1.807) is 0 Å². The van der Waals surface area contributed by atoms with Gasteiger partial charge in [0.2, 0.25) is 0 Å². The van der Waals surface area contributed by atoms with Gasteiger partial charge in [0.25, 0.3) is 0 Å². The Morgan fingerprint density at radius 3 is 2.36 bits per heavy atom. The van der Waals surface area contributed by atoms with Gasteiger partial charge in [-0.05, 0) is 13.0 Å². The number of anilines is 2. The van der Waals surface area contributed by atoms with E-state index >= 15 is 0 Å². The zero-order valence-electron chi connectivity index (χ0n) is 5.99. The highest BCUT2D eigenvalue weighted by molar-refractivity contribution is 5.65. The monoisotopic (exact) mass is 158 g/mol. The fourth-order valence-electron chi connectivity index (χ4n) is 0.756. The van der Waals surface area contributed by atoms with Crippen LogP contribution in [0.25, 0.3) is 0 Å². The van der Waals surface area contributed by atoms with Crippen LogP contribution in [0.15, 0.2) is 6.07 Å². The maximum atomic E-state index is 12.8. The van der Waals surface area contributed by atoms with Crippen LogP contribution in [0.4, 0.5) is 20.2 Å². The van der Waals surface area contributed by atoms with Gasteiger partial charge < -0.3 is 11.5 Å². The van der Waals surface area contributed by atoms with Gasteiger partial charge in [0.1, 0.15) is 5.82 Å². The van der Waals surface area contributed by atoms with Crippen molar-refractivity contribution in [2.75, 3.05) is 11.5 Å². The Kier molecular flexibility index (Phi) is 1.68. The lowest BCUT2D eigenvalue weighted by molar-refractivity contribution is 0.572. The van der Waals surface area contributed by atoms with Crippen LogP contribution in [0.3, 0.4) is 0 Å². The molecule has 0 radical (unpaired) electrons. The maximum Gasteiger partial charge on any atom is 0.154 e. The predicted octanol–water partition coefficient (Wildman–Crippen LogP) is 1.44. The Hall–Kier alpha value is -1.32. The molecule has 11 heavy (non-hydrogen) atoms. The fraction of sp³-hybridized carbons (Fsp3) is 0.143. The highest BCUT2D eigenvalue weighted by Gasteiger charge is 2.10. The molecule has 1 rings (SSSR count). The van der Waals surface area contributed by atoms with Gasteiger partial charge in [-0.2, -0.15) is 0 Å². The molecule has 0 heterocycles. The number of hydrogen-bond acceptors (Lipinski definition) is 2. The van der Waals surface area contributed by atoms with Crippen LogP contribution in [0.2, 0.25) is 0 Å². The normalized spacial score (nSPS) is 10.1. The van der Waals surface area contributed by atoms with E-state index in [2.05, 4.69) is 0 Å². The summed E-state index contributed by atoms with van der Waals surface area (Å²) in [5.74, 6) is -1.45. The lowest BCUT2D eigenvalue weighted by Crippen LogP contribution is -2.02. The summed E-state index contributed by atoms with van der Waals surface area (Å²) in [6.07, 6.45) is 0. The quantitative estimate of drug-likeness (QED) is 0.561. The second-order valence-electron chi connectivity index (χ2n) is 2.30. The van der Waals surface area contributed by atoms with Crippen LogP contribution in [0, 0.1) is 18.6 Å². The summed E-state index contributed by atoms with van der Waals surface area (Å²) >= 11 is 0. The molecule has 2 nitrogen and oxygen atoms in total. The van der Waals surface area contributed by atoms with E-state index in [9.17, 15) is 8.78 Å². The molecule has 0 aliphatic rings. The predicted molar refractivity (Wildman–Crippen MR) is 39.9 cm³/mol. The Bertz CT molecular complexity index is 271. The molecule has 0 spiro atoms. The van der Waals surface area contributed by atoms with Crippen molar-refractivity contribution in [3.63, 3.8) is 0 Å². The Labute approximate surface area is 62.8 Å². The van der Waals surface area contributed by atoms with Gasteiger partial charge in [0.15, 0.2) is 5.82 Å². The molecule has 0 atom stereocenters. The number of hydrogen-bond donors (Lipinski definition) is 2. The second-order valence-corrected chi connectivity index (χ2v) is 2.30. The van der Waals surface area contributed by atoms with E-state index < -0.39 is 11.6 Å². The van der Waals surface area contributed by atoms with Crippen LogP contribution < -0.4 is 11.5 Å². The van der Waals surface area contributed by atoms with E-state index in [-0.39, 0.29) is 16.9 Å². The molecule has 0 fully saturated rings. The molecule has 0 unspecified atom stereocenters. The third-order valence-corrected chi connectivity index (χ3v) is 1.52. The molecular formula is C7H8F2N2. The minimum Gasteiger partial charge on any atom is -0.397 e. The van der Waals surface area contributed by atoms with Crippen molar-refractivity contribution in [2.45, 2.75) is 6.92 Å². The Morgan fingerprint density at radius 1 is 1.27 bits per heavy atom. The fourth-order valence-corrected chi connectivity index (χ4v) is 0.756. The minimum atomic E-state index is -0.775.